The monoisotopic (exact) mass is 192 g/mol. The average molecular weight is 192 g/mol. The quantitative estimate of drug-likeness (QED) is 0.776. The van der Waals surface area contributed by atoms with Gasteiger partial charge in [0.1, 0.15) is 5.76 Å². The zero-order valence-corrected chi connectivity index (χ0v) is 8.19. The lowest BCUT2D eigenvalue weighted by Crippen LogP contribution is -1.97. The fourth-order valence-electron chi connectivity index (χ4n) is 1.19. The molecule has 2 aromatic heterocycles. The second-order valence-corrected chi connectivity index (χ2v) is 3.04. The number of rotatable bonds is 2. The van der Waals surface area contributed by atoms with Crippen LogP contribution in [0.25, 0.3) is 11.6 Å². The molecule has 2 aromatic rings. The summed E-state index contributed by atoms with van der Waals surface area (Å²) in [4.78, 5) is 4.06. The SMILES string of the molecule is CCc1ccc(-c2nc(N)n(C)n2)o1. The molecule has 2 rings (SSSR count). The molecule has 0 radical (unpaired) electrons. The molecule has 0 aliphatic heterocycles. The van der Waals surface area contributed by atoms with Crippen LogP contribution in [0.2, 0.25) is 0 Å². The van der Waals surface area contributed by atoms with Crippen molar-refractivity contribution in [1.82, 2.24) is 14.8 Å². The number of hydrogen-bond donors (Lipinski definition) is 1. The Morgan fingerprint density at radius 1 is 1.50 bits per heavy atom. The predicted molar refractivity (Wildman–Crippen MR) is 52.5 cm³/mol. The standard InChI is InChI=1S/C9H12N4O/c1-3-6-4-5-7(14-6)8-11-9(10)13(2)12-8/h4-5H,3H2,1-2H3,(H2,10,11,12). The Bertz CT molecular complexity index is 424. The van der Waals surface area contributed by atoms with E-state index in [4.69, 9.17) is 10.2 Å². The van der Waals surface area contributed by atoms with Crippen LogP contribution in [0, 0.1) is 0 Å². The summed E-state index contributed by atoms with van der Waals surface area (Å²) in [5.41, 5.74) is 5.56. The summed E-state index contributed by atoms with van der Waals surface area (Å²) in [6.45, 7) is 2.03. The van der Waals surface area contributed by atoms with Gasteiger partial charge in [-0.2, -0.15) is 4.98 Å². The summed E-state index contributed by atoms with van der Waals surface area (Å²) in [5.74, 6) is 2.50. The van der Waals surface area contributed by atoms with E-state index in [0.29, 0.717) is 17.5 Å². The van der Waals surface area contributed by atoms with Crippen molar-refractivity contribution in [1.29, 1.82) is 0 Å². The van der Waals surface area contributed by atoms with Gasteiger partial charge in [-0.05, 0) is 12.1 Å². The van der Waals surface area contributed by atoms with Crippen LogP contribution in [0.15, 0.2) is 16.5 Å². The normalized spacial score (nSPS) is 10.7. The predicted octanol–water partition coefficient (Wildman–Crippen LogP) is 1.22. The minimum absolute atomic E-state index is 0.384. The summed E-state index contributed by atoms with van der Waals surface area (Å²) in [6.07, 6.45) is 0.863. The molecule has 0 saturated heterocycles. The van der Waals surface area contributed by atoms with Crippen molar-refractivity contribution in [3.63, 3.8) is 0 Å². The Labute approximate surface area is 81.5 Å². The second-order valence-electron chi connectivity index (χ2n) is 3.04. The highest BCUT2D eigenvalue weighted by molar-refractivity contribution is 5.48. The van der Waals surface area contributed by atoms with Crippen LogP contribution >= 0.6 is 0 Å². The minimum Gasteiger partial charge on any atom is -0.458 e. The first kappa shape index (κ1) is 8.80. The summed E-state index contributed by atoms with van der Waals surface area (Å²) < 4.78 is 7.01. The van der Waals surface area contributed by atoms with Crippen molar-refractivity contribution in [2.24, 2.45) is 7.05 Å². The third-order valence-electron chi connectivity index (χ3n) is 2.03. The van der Waals surface area contributed by atoms with Crippen LogP contribution in [0.3, 0.4) is 0 Å². The highest BCUT2D eigenvalue weighted by Crippen LogP contribution is 2.19. The molecule has 5 heteroatoms. The van der Waals surface area contributed by atoms with E-state index in [2.05, 4.69) is 10.1 Å². The second kappa shape index (κ2) is 3.17. The smallest absolute Gasteiger partial charge is 0.218 e. The largest absolute Gasteiger partial charge is 0.458 e. The van der Waals surface area contributed by atoms with Gasteiger partial charge in [0.2, 0.25) is 11.8 Å². The number of aryl methyl sites for hydroxylation is 2. The molecule has 0 saturated carbocycles. The maximum atomic E-state index is 5.56. The number of anilines is 1. The summed E-state index contributed by atoms with van der Waals surface area (Å²) >= 11 is 0. The Morgan fingerprint density at radius 2 is 2.29 bits per heavy atom. The minimum atomic E-state index is 0.384. The summed E-state index contributed by atoms with van der Waals surface area (Å²) in [7, 11) is 1.75. The molecular weight excluding hydrogens is 180 g/mol. The molecule has 0 amide bonds. The number of furan rings is 1. The lowest BCUT2D eigenvalue weighted by Gasteiger charge is -1.88. The number of nitrogens with two attached hydrogens (primary N) is 1. The van der Waals surface area contributed by atoms with Gasteiger partial charge in [0.05, 0.1) is 0 Å². The molecule has 2 N–H and O–H groups in total. The van der Waals surface area contributed by atoms with Gasteiger partial charge >= 0.3 is 0 Å². The fourth-order valence-corrected chi connectivity index (χ4v) is 1.19. The van der Waals surface area contributed by atoms with E-state index < -0.39 is 0 Å². The molecule has 0 unspecified atom stereocenters. The molecule has 0 spiro atoms. The fraction of sp³-hybridized carbons (Fsp3) is 0.333. The van der Waals surface area contributed by atoms with Crippen molar-refractivity contribution in [3.8, 4) is 11.6 Å². The molecule has 74 valence electrons. The molecule has 0 aliphatic carbocycles. The molecule has 0 fully saturated rings. The van der Waals surface area contributed by atoms with Crippen LogP contribution < -0.4 is 5.73 Å². The van der Waals surface area contributed by atoms with Gasteiger partial charge in [-0.15, -0.1) is 5.10 Å². The zero-order chi connectivity index (χ0) is 10.1. The van der Waals surface area contributed by atoms with E-state index in [9.17, 15) is 0 Å². The van der Waals surface area contributed by atoms with Crippen molar-refractivity contribution < 1.29 is 4.42 Å². The van der Waals surface area contributed by atoms with E-state index in [-0.39, 0.29) is 0 Å². The van der Waals surface area contributed by atoms with Gasteiger partial charge in [-0.1, -0.05) is 6.92 Å². The van der Waals surface area contributed by atoms with Crippen molar-refractivity contribution in [3.05, 3.63) is 17.9 Å². The van der Waals surface area contributed by atoms with E-state index in [1.807, 2.05) is 19.1 Å². The van der Waals surface area contributed by atoms with Crippen molar-refractivity contribution in [2.45, 2.75) is 13.3 Å². The van der Waals surface area contributed by atoms with E-state index in [1.165, 1.54) is 4.68 Å². The molecular formula is C9H12N4O. The van der Waals surface area contributed by atoms with Crippen LogP contribution in [0.1, 0.15) is 12.7 Å². The topological polar surface area (TPSA) is 69.9 Å². The van der Waals surface area contributed by atoms with Crippen LogP contribution in [0.4, 0.5) is 5.95 Å². The van der Waals surface area contributed by atoms with Gasteiger partial charge in [-0.3, -0.25) is 0 Å². The summed E-state index contributed by atoms with van der Waals surface area (Å²) in [6, 6.07) is 3.77. The lowest BCUT2D eigenvalue weighted by atomic mass is 10.3. The Hall–Kier alpha value is -1.78. The first-order valence-corrected chi connectivity index (χ1v) is 4.46. The van der Waals surface area contributed by atoms with Crippen LogP contribution in [-0.2, 0) is 13.5 Å². The molecule has 0 atom stereocenters. The van der Waals surface area contributed by atoms with Crippen LogP contribution in [0.5, 0.6) is 0 Å². The van der Waals surface area contributed by atoms with Gasteiger partial charge in [0, 0.05) is 13.5 Å². The highest BCUT2D eigenvalue weighted by atomic mass is 16.3. The number of nitrogen functional groups attached to an aromatic ring is 1. The van der Waals surface area contributed by atoms with Crippen LogP contribution in [-0.4, -0.2) is 14.8 Å². The molecule has 5 nitrogen and oxygen atoms in total. The summed E-state index contributed by atoms with van der Waals surface area (Å²) in [5, 5.41) is 4.11. The van der Waals surface area contributed by atoms with Crippen molar-refractivity contribution >= 4 is 5.95 Å². The molecule has 14 heavy (non-hydrogen) atoms. The lowest BCUT2D eigenvalue weighted by molar-refractivity contribution is 0.525. The molecule has 0 aromatic carbocycles. The number of aromatic nitrogens is 3. The van der Waals surface area contributed by atoms with Gasteiger partial charge in [0.25, 0.3) is 0 Å². The third-order valence-corrected chi connectivity index (χ3v) is 2.03. The third kappa shape index (κ3) is 1.37. The first-order valence-electron chi connectivity index (χ1n) is 4.46. The Kier molecular flexibility index (Phi) is 1.99. The number of nitrogens with zero attached hydrogens (tertiary/aromatic N) is 3. The van der Waals surface area contributed by atoms with E-state index in [1.54, 1.807) is 7.05 Å². The van der Waals surface area contributed by atoms with E-state index >= 15 is 0 Å². The first-order chi connectivity index (χ1) is 6.70. The Morgan fingerprint density at radius 3 is 2.79 bits per heavy atom. The number of hydrogen-bond acceptors (Lipinski definition) is 4. The van der Waals surface area contributed by atoms with Gasteiger partial charge in [-0.25, -0.2) is 4.68 Å². The molecule has 0 aliphatic rings. The van der Waals surface area contributed by atoms with Gasteiger partial charge in [0.15, 0.2) is 5.76 Å². The highest BCUT2D eigenvalue weighted by Gasteiger charge is 2.10. The molecule has 2 heterocycles. The van der Waals surface area contributed by atoms with Crippen molar-refractivity contribution in [2.75, 3.05) is 5.73 Å². The van der Waals surface area contributed by atoms with Gasteiger partial charge < -0.3 is 10.2 Å². The maximum Gasteiger partial charge on any atom is 0.218 e. The average Bonchev–Trinajstić information content (AvgIpc) is 2.74. The Balaban J connectivity index is 2.39. The maximum absolute atomic E-state index is 5.56. The van der Waals surface area contributed by atoms with E-state index in [0.717, 1.165) is 12.2 Å². The zero-order valence-electron chi connectivity index (χ0n) is 8.19. The molecule has 0 bridgehead atoms.